The third kappa shape index (κ3) is 3.05. The molecule has 1 fully saturated rings. The molecule has 1 heterocycles. The highest BCUT2D eigenvalue weighted by Gasteiger charge is 2.21. The molecule has 1 aromatic heterocycles. The van der Waals surface area contributed by atoms with E-state index in [1.165, 1.54) is 35.6 Å². The molecular weight excluding hydrogens is 216 g/mol. The van der Waals surface area contributed by atoms with E-state index in [1.807, 2.05) is 17.5 Å². The Balaban J connectivity index is 1.77. The van der Waals surface area contributed by atoms with E-state index in [2.05, 4.69) is 24.1 Å². The van der Waals surface area contributed by atoms with Crippen LogP contribution in [-0.2, 0) is 13.0 Å². The molecule has 0 radical (unpaired) electrons. The van der Waals surface area contributed by atoms with Crippen molar-refractivity contribution in [2.45, 2.75) is 58.5 Å². The van der Waals surface area contributed by atoms with Crippen LogP contribution in [0.4, 0.5) is 0 Å². The van der Waals surface area contributed by atoms with Crippen LogP contribution in [0.3, 0.4) is 0 Å². The van der Waals surface area contributed by atoms with E-state index in [0.29, 0.717) is 6.04 Å². The molecule has 0 saturated heterocycles. The van der Waals surface area contributed by atoms with Crippen LogP contribution in [0.25, 0.3) is 0 Å². The van der Waals surface area contributed by atoms with Crippen LogP contribution >= 0.6 is 11.3 Å². The van der Waals surface area contributed by atoms with Crippen molar-refractivity contribution in [1.82, 2.24) is 10.3 Å². The number of aromatic nitrogens is 1. The first-order valence-corrected chi connectivity index (χ1v) is 7.28. The second-order valence-electron chi connectivity index (χ2n) is 4.79. The largest absolute Gasteiger partial charge is 0.308 e. The topological polar surface area (TPSA) is 24.9 Å². The molecule has 0 spiro atoms. The minimum absolute atomic E-state index is 0.650. The smallest absolute Gasteiger partial charge is 0.107 e. The van der Waals surface area contributed by atoms with Gasteiger partial charge in [0.2, 0.25) is 0 Å². The predicted molar refractivity (Wildman–Crippen MR) is 69.8 cm³/mol. The minimum Gasteiger partial charge on any atom is -0.308 e. The van der Waals surface area contributed by atoms with Crippen molar-refractivity contribution >= 4 is 11.3 Å². The Morgan fingerprint density at radius 2 is 2.25 bits per heavy atom. The van der Waals surface area contributed by atoms with Crippen LogP contribution in [0, 0.1) is 5.92 Å². The summed E-state index contributed by atoms with van der Waals surface area (Å²) in [4.78, 5) is 5.84. The summed E-state index contributed by atoms with van der Waals surface area (Å²) in [6.45, 7) is 5.46. The Hall–Kier alpha value is -0.410. The van der Waals surface area contributed by atoms with Gasteiger partial charge in [0.15, 0.2) is 0 Å². The molecule has 1 unspecified atom stereocenters. The highest BCUT2D eigenvalue weighted by atomic mass is 32.1. The van der Waals surface area contributed by atoms with Gasteiger partial charge in [0.05, 0.1) is 0 Å². The number of hydrogen-bond donors (Lipinski definition) is 1. The molecule has 16 heavy (non-hydrogen) atoms. The van der Waals surface area contributed by atoms with Crippen LogP contribution < -0.4 is 5.32 Å². The Bertz CT molecular complexity index is 315. The number of aryl methyl sites for hydroxylation is 1. The monoisotopic (exact) mass is 238 g/mol. The lowest BCUT2D eigenvalue weighted by Crippen LogP contribution is -2.31. The Morgan fingerprint density at radius 1 is 1.50 bits per heavy atom. The molecule has 1 N–H and O–H groups in total. The third-order valence-corrected chi connectivity index (χ3v) is 4.77. The van der Waals surface area contributed by atoms with Crippen LogP contribution in [0.1, 0.15) is 49.4 Å². The number of nitrogens with one attached hydrogen (secondary N) is 1. The van der Waals surface area contributed by atoms with Crippen molar-refractivity contribution in [3.05, 3.63) is 16.1 Å². The molecule has 1 aliphatic carbocycles. The van der Waals surface area contributed by atoms with Crippen LogP contribution in [0.2, 0.25) is 0 Å². The highest BCUT2D eigenvalue weighted by molar-refractivity contribution is 7.11. The minimum atomic E-state index is 0.650. The maximum Gasteiger partial charge on any atom is 0.107 e. The molecule has 0 bridgehead atoms. The fourth-order valence-electron chi connectivity index (χ4n) is 2.47. The first-order chi connectivity index (χ1) is 7.79. The SMILES string of the molecule is CCc1cnc(CNC(C)C2CCCC2)s1. The summed E-state index contributed by atoms with van der Waals surface area (Å²) < 4.78 is 0. The summed E-state index contributed by atoms with van der Waals surface area (Å²) in [7, 11) is 0. The Morgan fingerprint density at radius 3 is 2.88 bits per heavy atom. The zero-order valence-corrected chi connectivity index (χ0v) is 11.1. The molecule has 0 amide bonds. The third-order valence-electron chi connectivity index (χ3n) is 3.63. The molecule has 3 heteroatoms. The summed E-state index contributed by atoms with van der Waals surface area (Å²) >= 11 is 1.84. The summed E-state index contributed by atoms with van der Waals surface area (Å²) in [5.41, 5.74) is 0. The van der Waals surface area contributed by atoms with E-state index in [-0.39, 0.29) is 0 Å². The van der Waals surface area contributed by atoms with Crippen molar-refractivity contribution in [3.63, 3.8) is 0 Å². The van der Waals surface area contributed by atoms with Crippen LogP contribution in [0.5, 0.6) is 0 Å². The van der Waals surface area contributed by atoms with Gasteiger partial charge in [0, 0.05) is 23.7 Å². The fraction of sp³-hybridized carbons (Fsp3) is 0.769. The molecule has 2 rings (SSSR count). The average Bonchev–Trinajstić information content (AvgIpc) is 2.96. The number of thiazole rings is 1. The standard InChI is InChI=1S/C13H22N2S/c1-3-12-8-15-13(16-12)9-14-10(2)11-6-4-5-7-11/h8,10-11,14H,3-7,9H2,1-2H3. The first kappa shape index (κ1) is 12.1. The molecular formula is C13H22N2S. The van der Waals surface area contributed by atoms with Crippen molar-refractivity contribution in [3.8, 4) is 0 Å². The van der Waals surface area contributed by atoms with E-state index in [1.54, 1.807) is 0 Å². The second kappa shape index (κ2) is 5.78. The van der Waals surface area contributed by atoms with E-state index >= 15 is 0 Å². The molecule has 2 nitrogen and oxygen atoms in total. The van der Waals surface area contributed by atoms with E-state index < -0.39 is 0 Å². The number of rotatable bonds is 5. The average molecular weight is 238 g/mol. The lowest BCUT2D eigenvalue weighted by atomic mass is 10.00. The Kier molecular flexibility index (Phi) is 4.36. The zero-order valence-electron chi connectivity index (χ0n) is 10.3. The van der Waals surface area contributed by atoms with Crippen molar-refractivity contribution in [1.29, 1.82) is 0 Å². The van der Waals surface area contributed by atoms with Crippen LogP contribution in [0.15, 0.2) is 6.20 Å². The zero-order chi connectivity index (χ0) is 11.4. The first-order valence-electron chi connectivity index (χ1n) is 6.46. The van der Waals surface area contributed by atoms with Crippen molar-refractivity contribution < 1.29 is 0 Å². The van der Waals surface area contributed by atoms with Gasteiger partial charge in [-0.1, -0.05) is 19.8 Å². The lowest BCUT2D eigenvalue weighted by Gasteiger charge is -2.19. The van der Waals surface area contributed by atoms with E-state index in [4.69, 9.17) is 0 Å². The predicted octanol–water partition coefficient (Wildman–Crippen LogP) is 3.37. The molecule has 1 saturated carbocycles. The van der Waals surface area contributed by atoms with Gasteiger partial charge in [-0.3, -0.25) is 0 Å². The number of hydrogen-bond acceptors (Lipinski definition) is 3. The Labute approximate surface area is 102 Å². The molecule has 0 aromatic carbocycles. The normalized spacial score (nSPS) is 19.1. The molecule has 1 aromatic rings. The summed E-state index contributed by atoms with van der Waals surface area (Å²) in [6, 6.07) is 0.650. The summed E-state index contributed by atoms with van der Waals surface area (Å²) in [6.07, 6.45) is 8.79. The highest BCUT2D eigenvalue weighted by Crippen LogP contribution is 2.27. The quantitative estimate of drug-likeness (QED) is 0.850. The maximum absolute atomic E-state index is 4.44. The lowest BCUT2D eigenvalue weighted by molar-refractivity contribution is 0.380. The van der Waals surface area contributed by atoms with Crippen molar-refractivity contribution in [2.24, 2.45) is 5.92 Å². The molecule has 1 aliphatic rings. The van der Waals surface area contributed by atoms with Gasteiger partial charge in [0.25, 0.3) is 0 Å². The van der Waals surface area contributed by atoms with Crippen LogP contribution in [-0.4, -0.2) is 11.0 Å². The van der Waals surface area contributed by atoms with Gasteiger partial charge in [0.1, 0.15) is 5.01 Å². The van der Waals surface area contributed by atoms with Gasteiger partial charge >= 0.3 is 0 Å². The fourth-order valence-corrected chi connectivity index (χ4v) is 3.28. The van der Waals surface area contributed by atoms with Crippen molar-refractivity contribution in [2.75, 3.05) is 0 Å². The summed E-state index contributed by atoms with van der Waals surface area (Å²) in [5, 5.41) is 4.86. The number of nitrogens with zero attached hydrogens (tertiary/aromatic N) is 1. The summed E-state index contributed by atoms with van der Waals surface area (Å²) in [5.74, 6) is 0.894. The maximum atomic E-state index is 4.44. The van der Waals surface area contributed by atoms with Gasteiger partial charge in [-0.25, -0.2) is 4.98 Å². The molecule has 1 atom stereocenters. The van der Waals surface area contributed by atoms with Gasteiger partial charge < -0.3 is 5.32 Å². The van der Waals surface area contributed by atoms with Gasteiger partial charge in [-0.05, 0) is 32.1 Å². The van der Waals surface area contributed by atoms with Gasteiger partial charge in [-0.15, -0.1) is 11.3 Å². The molecule has 90 valence electrons. The van der Waals surface area contributed by atoms with Gasteiger partial charge in [-0.2, -0.15) is 0 Å². The van der Waals surface area contributed by atoms with E-state index in [0.717, 1.165) is 18.9 Å². The van der Waals surface area contributed by atoms with E-state index in [9.17, 15) is 0 Å². The second-order valence-corrected chi connectivity index (χ2v) is 5.99. The molecule has 0 aliphatic heterocycles.